The smallest absolute Gasteiger partial charge is 0.303 e. The molecule has 1 aromatic carbocycles. The lowest BCUT2D eigenvalue weighted by molar-refractivity contribution is -0.383. The number of rotatable bonds is 4. The number of fused-ring (bicyclic) bond motifs is 1. The van der Waals surface area contributed by atoms with E-state index in [1.54, 1.807) is 17.8 Å². The number of hydrogen-bond acceptors (Lipinski definition) is 3. The van der Waals surface area contributed by atoms with Gasteiger partial charge in [-0.3, -0.25) is 14.9 Å². The molecule has 0 fully saturated rings. The third kappa shape index (κ3) is 2.39. The Balaban J connectivity index is 2.65. The first-order valence-corrected chi connectivity index (χ1v) is 5.92. The van der Waals surface area contributed by atoms with Crippen LogP contribution in [-0.4, -0.2) is 20.6 Å². The van der Waals surface area contributed by atoms with E-state index in [1.165, 1.54) is 12.1 Å². The van der Waals surface area contributed by atoms with Crippen molar-refractivity contribution in [3.63, 3.8) is 0 Å². The Morgan fingerprint density at radius 2 is 2.21 bits per heavy atom. The molecule has 0 spiro atoms. The van der Waals surface area contributed by atoms with Crippen LogP contribution in [0.5, 0.6) is 0 Å². The average Bonchev–Trinajstić information content (AvgIpc) is 2.65. The van der Waals surface area contributed by atoms with Crippen LogP contribution in [-0.2, 0) is 18.3 Å². The third-order valence-corrected chi connectivity index (χ3v) is 3.25. The predicted molar refractivity (Wildman–Crippen MR) is 70.5 cm³/mol. The van der Waals surface area contributed by atoms with Crippen molar-refractivity contribution in [1.82, 2.24) is 4.57 Å². The van der Waals surface area contributed by atoms with Crippen LogP contribution >= 0.6 is 11.6 Å². The van der Waals surface area contributed by atoms with Gasteiger partial charge in [-0.1, -0.05) is 11.6 Å². The van der Waals surface area contributed by atoms with Crippen molar-refractivity contribution in [3.8, 4) is 0 Å². The van der Waals surface area contributed by atoms with Crippen molar-refractivity contribution in [2.45, 2.75) is 12.8 Å². The predicted octanol–water partition coefficient (Wildman–Crippen LogP) is 2.76. The van der Waals surface area contributed by atoms with Gasteiger partial charge in [-0.2, -0.15) is 0 Å². The molecule has 0 atom stereocenters. The summed E-state index contributed by atoms with van der Waals surface area (Å²) in [6.45, 7) is 0. The maximum atomic E-state index is 11.0. The monoisotopic (exact) mass is 282 g/mol. The van der Waals surface area contributed by atoms with Gasteiger partial charge in [-0.25, -0.2) is 0 Å². The molecule has 1 heterocycles. The van der Waals surface area contributed by atoms with Gasteiger partial charge < -0.3 is 9.67 Å². The van der Waals surface area contributed by atoms with Crippen molar-refractivity contribution in [3.05, 3.63) is 39.0 Å². The SMILES string of the molecule is Cn1cc(CCC(=O)O)c2c(Cl)ccc([N+](=O)[O-])c21. The molecule has 0 unspecified atom stereocenters. The lowest BCUT2D eigenvalue weighted by atomic mass is 10.1. The van der Waals surface area contributed by atoms with E-state index >= 15 is 0 Å². The van der Waals surface area contributed by atoms with Crippen LogP contribution < -0.4 is 0 Å². The number of hydrogen-bond donors (Lipinski definition) is 1. The number of carbonyl (C=O) groups is 1. The quantitative estimate of drug-likeness (QED) is 0.690. The molecular formula is C12H11ClN2O4. The molecule has 7 heteroatoms. The Hall–Kier alpha value is -2.08. The summed E-state index contributed by atoms with van der Waals surface area (Å²) in [6, 6.07) is 2.82. The summed E-state index contributed by atoms with van der Waals surface area (Å²) in [5, 5.41) is 20.7. The summed E-state index contributed by atoms with van der Waals surface area (Å²) in [5.74, 6) is -0.918. The lowest BCUT2D eigenvalue weighted by Crippen LogP contribution is -1.97. The second-order valence-electron chi connectivity index (χ2n) is 4.21. The molecule has 1 aromatic heterocycles. The number of carboxylic acid groups (broad SMARTS) is 1. The molecule has 0 amide bonds. The molecule has 2 aromatic rings. The first-order chi connectivity index (χ1) is 8.91. The van der Waals surface area contributed by atoms with Crippen molar-refractivity contribution in [2.24, 2.45) is 7.05 Å². The number of nitro groups is 1. The zero-order chi connectivity index (χ0) is 14.2. The van der Waals surface area contributed by atoms with E-state index in [-0.39, 0.29) is 18.5 Å². The minimum atomic E-state index is -0.918. The van der Waals surface area contributed by atoms with Crippen LogP contribution in [0.4, 0.5) is 5.69 Å². The van der Waals surface area contributed by atoms with Gasteiger partial charge in [-0.15, -0.1) is 0 Å². The van der Waals surface area contributed by atoms with E-state index in [9.17, 15) is 14.9 Å². The normalized spacial score (nSPS) is 10.8. The number of nitrogens with zero attached hydrogens (tertiary/aromatic N) is 2. The van der Waals surface area contributed by atoms with E-state index < -0.39 is 10.9 Å². The van der Waals surface area contributed by atoms with Gasteiger partial charge in [-0.05, 0) is 18.1 Å². The molecule has 1 N–H and O–H groups in total. The van der Waals surface area contributed by atoms with Crippen molar-refractivity contribution in [1.29, 1.82) is 0 Å². The van der Waals surface area contributed by atoms with Crippen LogP contribution in [0.3, 0.4) is 0 Å². The Bertz CT molecular complexity index is 678. The molecule has 0 saturated heterocycles. The van der Waals surface area contributed by atoms with Gasteiger partial charge in [0.25, 0.3) is 5.69 Å². The highest BCUT2D eigenvalue weighted by atomic mass is 35.5. The molecular weight excluding hydrogens is 272 g/mol. The summed E-state index contributed by atoms with van der Waals surface area (Å²) in [6.07, 6.45) is 1.93. The number of aryl methyl sites for hydroxylation is 2. The van der Waals surface area contributed by atoms with Gasteiger partial charge in [0.15, 0.2) is 0 Å². The highest BCUT2D eigenvalue weighted by Gasteiger charge is 2.20. The molecule has 0 aliphatic rings. The molecule has 19 heavy (non-hydrogen) atoms. The summed E-state index contributed by atoms with van der Waals surface area (Å²) in [4.78, 5) is 21.2. The van der Waals surface area contributed by atoms with Crippen molar-refractivity contribution >= 4 is 34.2 Å². The summed E-state index contributed by atoms with van der Waals surface area (Å²) in [5.41, 5.74) is 1.08. The van der Waals surface area contributed by atoms with Crippen LogP contribution in [0.15, 0.2) is 18.3 Å². The Kier molecular flexibility index (Phi) is 3.44. The number of benzene rings is 1. The third-order valence-electron chi connectivity index (χ3n) is 2.93. The largest absolute Gasteiger partial charge is 0.481 e. The van der Waals surface area contributed by atoms with Crippen LogP contribution in [0.1, 0.15) is 12.0 Å². The zero-order valence-electron chi connectivity index (χ0n) is 10.1. The van der Waals surface area contributed by atoms with Gasteiger partial charge >= 0.3 is 5.97 Å². The fraction of sp³-hybridized carbons (Fsp3) is 0.250. The number of aromatic nitrogens is 1. The fourth-order valence-corrected chi connectivity index (χ4v) is 2.43. The number of aliphatic carboxylic acids is 1. The van der Waals surface area contributed by atoms with E-state index in [0.29, 0.717) is 21.5 Å². The number of halogens is 1. The summed E-state index contributed by atoms with van der Waals surface area (Å²) >= 11 is 6.08. The standard InChI is InChI=1S/C12H11ClN2O4/c1-14-6-7(2-5-10(16)17)11-8(13)3-4-9(12(11)14)15(18)19/h3-4,6H,2,5H2,1H3,(H,16,17). The van der Waals surface area contributed by atoms with Gasteiger partial charge in [0.2, 0.25) is 0 Å². The first kappa shape index (κ1) is 13.4. The average molecular weight is 283 g/mol. The highest BCUT2D eigenvalue weighted by Crippen LogP contribution is 2.35. The second kappa shape index (κ2) is 4.89. The van der Waals surface area contributed by atoms with Crippen LogP contribution in [0, 0.1) is 10.1 Å². The minimum Gasteiger partial charge on any atom is -0.481 e. The van der Waals surface area contributed by atoms with E-state index in [0.717, 1.165) is 0 Å². The molecule has 0 aliphatic carbocycles. The van der Waals surface area contributed by atoms with Gasteiger partial charge in [0.05, 0.1) is 9.95 Å². The van der Waals surface area contributed by atoms with Crippen LogP contribution in [0.2, 0.25) is 5.02 Å². The molecule has 100 valence electrons. The highest BCUT2D eigenvalue weighted by molar-refractivity contribution is 6.36. The van der Waals surface area contributed by atoms with Crippen molar-refractivity contribution in [2.75, 3.05) is 0 Å². The molecule has 0 aliphatic heterocycles. The molecule has 0 saturated carbocycles. The minimum absolute atomic E-state index is 0.0384. The summed E-state index contributed by atoms with van der Waals surface area (Å²) in [7, 11) is 1.68. The molecule has 0 radical (unpaired) electrons. The number of nitro benzene ring substituents is 1. The number of carboxylic acids is 1. The van der Waals surface area contributed by atoms with E-state index in [4.69, 9.17) is 16.7 Å². The molecule has 6 nitrogen and oxygen atoms in total. The van der Waals surface area contributed by atoms with Crippen molar-refractivity contribution < 1.29 is 14.8 Å². The van der Waals surface area contributed by atoms with Crippen LogP contribution in [0.25, 0.3) is 10.9 Å². The molecule has 0 bridgehead atoms. The first-order valence-electron chi connectivity index (χ1n) is 5.54. The fourth-order valence-electron chi connectivity index (χ4n) is 2.16. The topological polar surface area (TPSA) is 85.4 Å². The maximum Gasteiger partial charge on any atom is 0.303 e. The van der Waals surface area contributed by atoms with Gasteiger partial charge in [0.1, 0.15) is 5.52 Å². The Morgan fingerprint density at radius 1 is 1.53 bits per heavy atom. The zero-order valence-corrected chi connectivity index (χ0v) is 10.8. The molecule has 2 rings (SSSR count). The lowest BCUT2D eigenvalue weighted by Gasteiger charge is -2.01. The Labute approximate surface area is 113 Å². The van der Waals surface area contributed by atoms with E-state index in [2.05, 4.69) is 0 Å². The van der Waals surface area contributed by atoms with Gasteiger partial charge in [0, 0.05) is 31.1 Å². The summed E-state index contributed by atoms with van der Waals surface area (Å²) < 4.78 is 1.61. The maximum absolute atomic E-state index is 11.0. The number of non-ortho nitro benzene ring substituents is 1. The second-order valence-corrected chi connectivity index (χ2v) is 4.61. The van der Waals surface area contributed by atoms with E-state index in [1.807, 2.05) is 0 Å². The Morgan fingerprint density at radius 3 is 2.79 bits per heavy atom.